The van der Waals surface area contributed by atoms with Crippen LogP contribution in [0.15, 0.2) is 64.5 Å². The van der Waals surface area contributed by atoms with E-state index in [1.807, 2.05) is 54.6 Å². The Hall–Kier alpha value is -2.07. The molecule has 1 heterocycles. The molecule has 0 aliphatic carbocycles. The second-order valence-corrected chi connectivity index (χ2v) is 6.60. The predicted molar refractivity (Wildman–Crippen MR) is 88.3 cm³/mol. The number of hydrogen-bond donors (Lipinski definition) is 0. The summed E-state index contributed by atoms with van der Waals surface area (Å²) in [5.74, 6) is 0. The van der Waals surface area contributed by atoms with Crippen molar-refractivity contribution in [1.29, 1.82) is 0 Å². The van der Waals surface area contributed by atoms with Crippen molar-refractivity contribution >= 4 is 22.7 Å². The van der Waals surface area contributed by atoms with Crippen molar-refractivity contribution in [2.75, 3.05) is 0 Å². The molecule has 3 rings (SSSR count). The standard InChI is InChI=1S/C17H16N2OS/c1-12(2)21-17-18-15-11-7-6-10-14(15)16(20)19(17)13-8-4-3-5-9-13/h3-12H,1-2H3. The molecular weight excluding hydrogens is 280 g/mol. The average Bonchev–Trinajstić information content (AvgIpc) is 2.48. The summed E-state index contributed by atoms with van der Waals surface area (Å²) in [6.07, 6.45) is 0. The fourth-order valence-corrected chi connectivity index (χ4v) is 3.07. The van der Waals surface area contributed by atoms with Gasteiger partial charge in [0.1, 0.15) is 0 Å². The first-order valence-electron chi connectivity index (χ1n) is 6.90. The van der Waals surface area contributed by atoms with Crippen LogP contribution in [0, 0.1) is 0 Å². The van der Waals surface area contributed by atoms with Crippen LogP contribution >= 0.6 is 11.8 Å². The minimum absolute atomic E-state index is 0.0186. The zero-order valence-corrected chi connectivity index (χ0v) is 12.8. The molecule has 3 nitrogen and oxygen atoms in total. The van der Waals surface area contributed by atoms with Crippen LogP contribution in [0.3, 0.4) is 0 Å². The van der Waals surface area contributed by atoms with E-state index in [-0.39, 0.29) is 5.56 Å². The molecule has 0 saturated heterocycles. The van der Waals surface area contributed by atoms with E-state index >= 15 is 0 Å². The number of benzene rings is 2. The molecule has 0 spiro atoms. The number of rotatable bonds is 3. The molecule has 0 amide bonds. The molecule has 3 aromatic rings. The Labute approximate surface area is 127 Å². The van der Waals surface area contributed by atoms with Gasteiger partial charge in [0, 0.05) is 5.25 Å². The molecule has 4 heteroatoms. The lowest BCUT2D eigenvalue weighted by Crippen LogP contribution is -2.22. The average molecular weight is 296 g/mol. The number of hydrogen-bond acceptors (Lipinski definition) is 3. The highest BCUT2D eigenvalue weighted by Crippen LogP contribution is 2.24. The van der Waals surface area contributed by atoms with Gasteiger partial charge in [-0.05, 0) is 24.3 Å². The maximum absolute atomic E-state index is 12.8. The lowest BCUT2D eigenvalue weighted by Gasteiger charge is -2.14. The molecule has 21 heavy (non-hydrogen) atoms. The predicted octanol–water partition coefficient (Wildman–Crippen LogP) is 3.89. The van der Waals surface area contributed by atoms with Crippen LogP contribution in [-0.4, -0.2) is 14.8 Å². The first-order valence-corrected chi connectivity index (χ1v) is 7.78. The van der Waals surface area contributed by atoms with Gasteiger partial charge in [-0.1, -0.05) is 55.9 Å². The lowest BCUT2D eigenvalue weighted by atomic mass is 10.2. The molecule has 0 radical (unpaired) electrons. The number of aromatic nitrogens is 2. The van der Waals surface area contributed by atoms with Gasteiger partial charge in [0.15, 0.2) is 5.16 Å². The summed E-state index contributed by atoms with van der Waals surface area (Å²) in [7, 11) is 0. The summed E-state index contributed by atoms with van der Waals surface area (Å²) < 4.78 is 1.70. The van der Waals surface area contributed by atoms with E-state index in [0.29, 0.717) is 10.6 Å². The summed E-state index contributed by atoms with van der Waals surface area (Å²) in [5.41, 5.74) is 1.58. The van der Waals surface area contributed by atoms with E-state index < -0.39 is 0 Å². The largest absolute Gasteiger partial charge is 0.268 e. The summed E-state index contributed by atoms with van der Waals surface area (Å²) in [5, 5.41) is 1.74. The normalized spacial score (nSPS) is 11.2. The smallest absolute Gasteiger partial charge is 0.266 e. The van der Waals surface area contributed by atoms with Crippen molar-refractivity contribution in [2.45, 2.75) is 24.3 Å². The van der Waals surface area contributed by atoms with E-state index in [2.05, 4.69) is 18.8 Å². The fraction of sp³-hybridized carbons (Fsp3) is 0.176. The topological polar surface area (TPSA) is 34.9 Å². The monoisotopic (exact) mass is 296 g/mol. The van der Waals surface area contributed by atoms with Crippen LogP contribution in [0.2, 0.25) is 0 Å². The van der Waals surface area contributed by atoms with Gasteiger partial charge in [-0.15, -0.1) is 0 Å². The van der Waals surface area contributed by atoms with E-state index in [9.17, 15) is 4.79 Å². The van der Waals surface area contributed by atoms with Crippen LogP contribution in [-0.2, 0) is 0 Å². The molecule has 0 bridgehead atoms. The Morgan fingerprint density at radius 1 is 1.00 bits per heavy atom. The second-order valence-electron chi connectivity index (χ2n) is 5.05. The van der Waals surface area contributed by atoms with Crippen LogP contribution in [0.25, 0.3) is 16.6 Å². The quantitative estimate of drug-likeness (QED) is 0.543. The molecule has 0 atom stereocenters. The van der Waals surface area contributed by atoms with Crippen LogP contribution in [0.5, 0.6) is 0 Å². The Morgan fingerprint density at radius 2 is 1.67 bits per heavy atom. The molecule has 1 aromatic heterocycles. The highest BCUT2D eigenvalue weighted by atomic mass is 32.2. The molecule has 0 aliphatic rings. The molecule has 0 aliphatic heterocycles. The minimum atomic E-state index is -0.0186. The van der Waals surface area contributed by atoms with Crippen molar-refractivity contribution in [3.8, 4) is 5.69 Å². The third-order valence-corrected chi connectivity index (χ3v) is 4.06. The maximum atomic E-state index is 12.8. The maximum Gasteiger partial charge on any atom is 0.266 e. The van der Waals surface area contributed by atoms with Gasteiger partial charge in [0.2, 0.25) is 0 Å². The Balaban J connectivity index is 2.34. The Bertz CT molecular complexity index is 825. The van der Waals surface area contributed by atoms with Gasteiger partial charge in [-0.25, -0.2) is 4.98 Å². The summed E-state index contributed by atoms with van der Waals surface area (Å²) in [6.45, 7) is 4.20. The van der Waals surface area contributed by atoms with Crippen LogP contribution < -0.4 is 5.56 Å². The van der Waals surface area contributed by atoms with Crippen LogP contribution in [0.4, 0.5) is 0 Å². The Morgan fingerprint density at radius 3 is 2.38 bits per heavy atom. The second kappa shape index (κ2) is 5.74. The highest BCUT2D eigenvalue weighted by molar-refractivity contribution is 7.99. The van der Waals surface area contributed by atoms with Gasteiger partial charge in [0.25, 0.3) is 5.56 Å². The van der Waals surface area contributed by atoms with Crippen molar-refractivity contribution in [1.82, 2.24) is 9.55 Å². The van der Waals surface area contributed by atoms with Crippen molar-refractivity contribution in [2.24, 2.45) is 0 Å². The molecule has 0 saturated carbocycles. The van der Waals surface area contributed by atoms with Gasteiger partial charge >= 0.3 is 0 Å². The summed E-state index contributed by atoms with van der Waals surface area (Å²) in [4.78, 5) is 17.5. The number of para-hydroxylation sites is 2. The molecule has 0 fully saturated rings. The number of fused-ring (bicyclic) bond motifs is 1. The van der Waals surface area contributed by atoms with E-state index in [1.54, 1.807) is 16.3 Å². The fourth-order valence-electron chi connectivity index (χ4n) is 2.21. The summed E-state index contributed by atoms with van der Waals surface area (Å²) >= 11 is 1.60. The van der Waals surface area contributed by atoms with Gasteiger partial charge in [-0.3, -0.25) is 9.36 Å². The van der Waals surface area contributed by atoms with Crippen molar-refractivity contribution in [3.63, 3.8) is 0 Å². The molecule has 0 N–H and O–H groups in total. The zero-order chi connectivity index (χ0) is 14.8. The van der Waals surface area contributed by atoms with Crippen LogP contribution in [0.1, 0.15) is 13.8 Å². The third kappa shape index (κ3) is 2.72. The van der Waals surface area contributed by atoms with E-state index in [1.165, 1.54) is 0 Å². The number of nitrogens with zero attached hydrogens (tertiary/aromatic N) is 2. The van der Waals surface area contributed by atoms with Gasteiger partial charge in [-0.2, -0.15) is 0 Å². The highest BCUT2D eigenvalue weighted by Gasteiger charge is 2.13. The van der Waals surface area contributed by atoms with E-state index in [0.717, 1.165) is 16.4 Å². The third-order valence-electron chi connectivity index (χ3n) is 3.10. The van der Waals surface area contributed by atoms with Gasteiger partial charge in [0.05, 0.1) is 16.6 Å². The SMILES string of the molecule is CC(C)Sc1nc2ccccc2c(=O)n1-c1ccccc1. The van der Waals surface area contributed by atoms with Crippen molar-refractivity contribution < 1.29 is 0 Å². The molecular formula is C17H16N2OS. The lowest BCUT2D eigenvalue weighted by molar-refractivity contribution is 0.816. The van der Waals surface area contributed by atoms with Gasteiger partial charge < -0.3 is 0 Å². The first-order chi connectivity index (χ1) is 10.2. The van der Waals surface area contributed by atoms with E-state index in [4.69, 9.17) is 0 Å². The Kier molecular flexibility index (Phi) is 3.80. The summed E-state index contributed by atoms with van der Waals surface area (Å²) in [6, 6.07) is 17.2. The minimum Gasteiger partial charge on any atom is -0.268 e. The number of thioether (sulfide) groups is 1. The first kappa shape index (κ1) is 13.9. The molecule has 106 valence electrons. The zero-order valence-electron chi connectivity index (χ0n) is 12.0. The molecule has 0 unspecified atom stereocenters. The molecule has 2 aromatic carbocycles. The van der Waals surface area contributed by atoms with Crippen molar-refractivity contribution in [3.05, 3.63) is 65.0 Å².